The highest BCUT2D eigenvalue weighted by molar-refractivity contribution is 5.96. The summed E-state index contributed by atoms with van der Waals surface area (Å²) in [6.07, 6.45) is 4.14. The summed E-state index contributed by atoms with van der Waals surface area (Å²) in [5.74, 6) is -0.432. The van der Waals surface area contributed by atoms with Crippen LogP contribution in [0.2, 0.25) is 0 Å². The van der Waals surface area contributed by atoms with Crippen LogP contribution in [0.4, 0.5) is 21.5 Å². The molecular formula is C25H20FN3O. The number of carbonyl (C=O) groups excluding carboxylic acids is 1. The average Bonchev–Trinajstić information content (AvgIpc) is 2.76. The molecule has 0 spiro atoms. The zero-order valence-corrected chi connectivity index (χ0v) is 16.7. The van der Waals surface area contributed by atoms with Crippen LogP contribution in [-0.4, -0.2) is 17.5 Å². The van der Waals surface area contributed by atoms with Crippen LogP contribution < -0.4 is 5.32 Å². The predicted octanol–water partition coefficient (Wildman–Crippen LogP) is 6.63. The Balaban J connectivity index is 1.77. The summed E-state index contributed by atoms with van der Waals surface area (Å²) < 4.78 is 14.5. The molecular weight excluding hydrogens is 377 g/mol. The topological polar surface area (TPSA) is 54.4 Å². The maximum Gasteiger partial charge on any atom is 0.150 e. The van der Waals surface area contributed by atoms with E-state index in [4.69, 9.17) is 0 Å². The maximum atomic E-state index is 14.5. The van der Waals surface area contributed by atoms with Gasteiger partial charge in [0.25, 0.3) is 0 Å². The van der Waals surface area contributed by atoms with Gasteiger partial charge in [-0.15, -0.1) is 0 Å². The van der Waals surface area contributed by atoms with Crippen molar-refractivity contribution in [3.63, 3.8) is 0 Å². The van der Waals surface area contributed by atoms with Gasteiger partial charge < -0.3 is 5.32 Å². The van der Waals surface area contributed by atoms with Gasteiger partial charge in [0.15, 0.2) is 0 Å². The Morgan fingerprint density at radius 1 is 1.03 bits per heavy atom. The second-order valence-corrected chi connectivity index (χ2v) is 6.96. The second kappa shape index (κ2) is 8.25. The van der Waals surface area contributed by atoms with Gasteiger partial charge in [-0.25, -0.2) is 4.39 Å². The summed E-state index contributed by atoms with van der Waals surface area (Å²) in [4.78, 5) is 19.7. The van der Waals surface area contributed by atoms with Crippen LogP contribution in [0, 0.1) is 12.7 Å². The number of pyridine rings is 1. The monoisotopic (exact) mass is 397 g/mol. The minimum absolute atomic E-state index is 0.311. The molecule has 30 heavy (non-hydrogen) atoms. The minimum Gasteiger partial charge on any atom is -0.355 e. The van der Waals surface area contributed by atoms with E-state index >= 15 is 0 Å². The van der Waals surface area contributed by atoms with Crippen molar-refractivity contribution in [1.82, 2.24) is 4.98 Å². The number of rotatable bonds is 5. The van der Waals surface area contributed by atoms with Gasteiger partial charge in [0, 0.05) is 40.3 Å². The van der Waals surface area contributed by atoms with E-state index in [1.54, 1.807) is 24.5 Å². The van der Waals surface area contributed by atoms with Crippen LogP contribution in [-0.2, 0) is 0 Å². The standard InChI is InChI=1S/C25H20FN3O/c1-3-27-25-14-19(7-4-16(25)2)29-24-10-11-28-23-9-6-18(13-21(23)24)20-8-5-17(15-30)12-22(20)26/h3-15H,1-2H3,(H,28,29). The summed E-state index contributed by atoms with van der Waals surface area (Å²) in [6.45, 7) is 3.91. The van der Waals surface area contributed by atoms with Gasteiger partial charge in [-0.1, -0.05) is 24.3 Å². The van der Waals surface area contributed by atoms with Crippen LogP contribution in [0.15, 0.2) is 71.9 Å². The van der Waals surface area contributed by atoms with Crippen LogP contribution in [0.1, 0.15) is 22.8 Å². The van der Waals surface area contributed by atoms with Crippen LogP contribution in [0.25, 0.3) is 22.0 Å². The Labute approximate surface area is 174 Å². The first-order chi connectivity index (χ1) is 14.6. The number of benzene rings is 3. The molecule has 4 nitrogen and oxygen atoms in total. The molecule has 0 aliphatic heterocycles. The highest BCUT2D eigenvalue weighted by Crippen LogP contribution is 2.32. The largest absolute Gasteiger partial charge is 0.355 e. The highest BCUT2D eigenvalue weighted by Gasteiger charge is 2.10. The zero-order valence-electron chi connectivity index (χ0n) is 16.7. The van der Waals surface area contributed by atoms with E-state index in [0.29, 0.717) is 23.0 Å². The Morgan fingerprint density at radius 2 is 1.90 bits per heavy atom. The van der Waals surface area contributed by atoms with Crippen molar-refractivity contribution in [2.45, 2.75) is 13.8 Å². The van der Waals surface area contributed by atoms with E-state index in [0.717, 1.165) is 33.5 Å². The van der Waals surface area contributed by atoms with Gasteiger partial charge in [0.1, 0.15) is 12.1 Å². The average molecular weight is 397 g/mol. The number of hydrogen-bond acceptors (Lipinski definition) is 4. The number of anilines is 2. The molecule has 1 heterocycles. The van der Waals surface area contributed by atoms with Crippen LogP contribution in [0.5, 0.6) is 0 Å². The Hall–Kier alpha value is -3.86. The molecule has 0 amide bonds. The number of aliphatic imine (C=N–C) groups is 1. The van der Waals surface area contributed by atoms with Crippen molar-refractivity contribution in [2.75, 3.05) is 5.32 Å². The Morgan fingerprint density at radius 3 is 2.67 bits per heavy atom. The number of aromatic nitrogens is 1. The molecule has 0 aliphatic rings. The summed E-state index contributed by atoms with van der Waals surface area (Å²) in [6, 6.07) is 18.0. The van der Waals surface area contributed by atoms with Gasteiger partial charge in [0.05, 0.1) is 11.2 Å². The Bertz CT molecular complexity index is 1280. The van der Waals surface area contributed by atoms with Crippen molar-refractivity contribution in [2.24, 2.45) is 4.99 Å². The fourth-order valence-corrected chi connectivity index (χ4v) is 3.38. The number of nitrogens with one attached hydrogen (secondary N) is 1. The third kappa shape index (κ3) is 3.82. The molecule has 148 valence electrons. The third-order valence-corrected chi connectivity index (χ3v) is 4.94. The normalized spacial score (nSPS) is 11.2. The molecule has 0 atom stereocenters. The molecule has 5 heteroatoms. The molecule has 4 rings (SSSR count). The molecule has 0 saturated heterocycles. The van der Waals surface area contributed by atoms with Gasteiger partial charge >= 0.3 is 0 Å². The fraction of sp³-hybridized carbons (Fsp3) is 0.0800. The molecule has 1 aromatic heterocycles. The number of aldehydes is 1. The fourth-order valence-electron chi connectivity index (χ4n) is 3.38. The molecule has 0 unspecified atom stereocenters. The van der Waals surface area contributed by atoms with Crippen molar-refractivity contribution >= 4 is 40.5 Å². The van der Waals surface area contributed by atoms with Gasteiger partial charge in [0.2, 0.25) is 0 Å². The number of hydrogen-bond donors (Lipinski definition) is 1. The first-order valence-electron chi connectivity index (χ1n) is 9.59. The molecule has 4 aromatic rings. The first-order valence-corrected chi connectivity index (χ1v) is 9.59. The van der Waals surface area contributed by atoms with Gasteiger partial charge in [-0.3, -0.25) is 14.8 Å². The lowest BCUT2D eigenvalue weighted by molar-refractivity contribution is 0.112. The molecule has 1 N–H and O–H groups in total. The number of aryl methyl sites for hydroxylation is 1. The number of carbonyl (C=O) groups is 1. The Kier molecular flexibility index (Phi) is 5.35. The minimum atomic E-state index is -0.432. The molecule has 0 radical (unpaired) electrons. The molecule has 3 aromatic carbocycles. The van der Waals surface area contributed by atoms with Crippen molar-refractivity contribution < 1.29 is 9.18 Å². The van der Waals surface area contributed by atoms with E-state index in [1.165, 1.54) is 6.07 Å². The van der Waals surface area contributed by atoms with E-state index in [-0.39, 0.29) is 0 Å². The molecule has 0 bridgehead atoms. The number of halogens is 1. The summed E-state index contributed by atoms with van der Waals surface area (Å²) >= 11 is 0. The lowest BCUT2D eigenvalue weighted by Gasteiger charge is -2.12. The lowest BCUT2D eigenvalue weighted by atomic mass is 10.0. The smallest absolute Gasteiger partial charge is 0.150 e. The third-order valence-electron chi connectivity index (χ3n) is 4.94. The maximum absolute atomic E-state index is 14.5. The second-order valence-electron chi connectivity index (χ2n) is 6.96. The zero-order chi connectivity index (χ0) is 21.1. The molecule has 0 saturated carbocycles. The lowest BCUT2D eigenvalue weighted by Crippen LogP contribution is -1.94. The van der Waals surface area contributed by atoms with Crippen molar-refractivity contribution in [1.29, 1.82) is 0 Å². The molecule has 0 aliphatic carbocycles. The first kappa shape index (κ1) is 19.5. The quantitative estimate of drug-likeness (QED) is 0.304. The van der Waals surface area contributed by atoms with E-state index in [9.17, 15) is 9.18 Å². The van der Waals surface area contributed by atoms with Gasteiger partial charge in [-0.2, -0.15) is 0 Å². The van der Waals surface area contributed by atoms with Crippen molar-refractivity contribution in [3.8, 4) is 11.1 Å². The van der Waals surface area contributed by atoms with E-state index in [1.807, 2.05) is 56.3 Å². The highest BCUT2D eigenvalue weighted by atomic mass is 19.1. The number of fused-ring (bicyclic) bond motifs is 1. The van der Waals surface area contributed by atoms with E-state index in [2.05, 4.69) is 15.3 Å². The summed E-state index contributed by atoms with van der Waals surface area (Å²) in [5.41, 5.74) is 6.02. The van der Waals surface area contributed by atoms with Crippen LogP contribution >= 0.6 is 0 Å². The van der Waals surface area contributed by atoms with Gasteiger partial charge in [-0.05, 0) is 61.4 Å². The molecule has 0 fully saturated rings. The predicted molar refractivity (Wildman–Crippen MR) is 121 cm³/mol. The SMILES string of the molecule is CC=Nc1cc(Nc2ccnc3ccc(-c4ccc(C=O)cc4F)cc23)ccc1C. The summed E-state index contributed by atoms with van der Waals surface area (Å²) in [7, 11) is 0. The van der Waals surface area contributed by atoms with E-state index < -0.39 is 5.82 Å². The number of nitrogens with zero attached hydrogens (tertiary/aromatic N) is 2. The summed E-state index contributed by atoms with van der Waals surface area (Å²) in [5, 5.41) is 4.30. The van der Waals surface area contributed by atoms with Crippen LogP contribution in [0.3, 0.4) is 0 Å². The van der Waals surface area contributed by atoms with Crippen molar-refractivity contribution in [3.05, 3.63) is 83.8 Å².